The van der Waals surface area contributed by atoms with E-state index in [-0.39, 0.29) is 6.04 Å². The number of nitrogens with zero attached hydrogens (tertiary/aromatic N) is 2. The number of nitriles is 1. The quantitative estimate of drug-likeness (QED) is 0.512. The van der Waals surface area contributed by atoms with Gasteiger partial charge in [0.2, 0.25) is 0 Å². The molecule has 3 heteroatoms. The molecule has 0 fully saturated rings. The van der Waals surface area contributed by atoms with Crippen LogP contribution in [0.5, 0.6) is 0 Å². The minimum atomic E-state index is -1.38. The van der Waals surface area contributed by atoms with E-state index < -0.39 is 8.24 Å². The maximum Gasteiger partial charge on any atom is 0.120 e. The van der Waals surface area contributed by atoms with E-state index in [0.29, 0.717) is 6.42 Å². The largest absolute Gasteiger partial charge is 0.310 e. The van der Waals surface area contributed by atoms with Crippen LogP contribution in [-0.2, 0) is 0 Å². The molecule has 0 aliphatic heterocycles. The van der Waals surface area contributed by atoms with Crippen LogP contribution in [0.1, 0.15) is 19.8 Å². The Kier molecular flexibility index (Phi) is 5.53. The Morgan fingerprint density at radius 1 is 1.43 bits per heavy atom. The molecule has 14 heavy (non-hydrogen) atoms. The Hall–Kier alpha value is -0.773. The highest BCUT2D eigenvalue weighted by atomic mass is 28.3. The highest BCUT2D eigenvalue weighted by molar-refractivity contribution is 6.73. The number of terminal acetylenes is 1. The minimum Gasteiger partial charge on any atom is -0.310 e. The molecular weight excluding hydrogens is 188 g/mol. The molecule has 0 aromatic heterocycles. The average Bonchev–Trinajstić information content (AvgIpc) is 2.09. The summed E-state index contributed by atoms with van der Waals surface area (Å²) in [6.07, 6.45) is 6.71. The van der Waals surface area contributed by atoms with Crippen LogP contribution in [0.25, 0.3) is 0 Å². The molecular formula is C11H20N2Si. The van der Waals surface area contributed by atoms with Crippen molar-refractivity contribution in [2.24, 2.45) is 0 Å². The standard InChI is InChI=1S/C11H20N2Si/c1-6-8-9-11(10-12)13(7-2)14(3,4)5/h1,11H,7-9H2,2-5H3. The van der Waals surface area contributed by atoms with E-state index in [1.807, 2.05) is 0 Å². The lowest BCUT2D eigenvalue weighted by Gasteiger charge is -2.36. The second kappa shape index (κ2) is 5.85. The first-order chi connectivity index (χ1) is 6.47. The van der Waals surface area contributed by atoms with Crippen molar-refractivity contribution in [3.8, 4) is 18.4 Å². The summed E-state index contributed by atoms with van der Waals surface area (Å²) >= 11 is 0. The van der Waals surface area contributed by atoms with Gasteiger partial charge in [-0.05, 0) is 13.0 Å². The molecule has 0 bridgehead atoms. The average molecular weight is 208 g/mol. The van der Waals surface area contributed by atoms with E-state index >= 15 is 0 Å². The minimum absolute atomic E-state index is 0.00252. The van der Waals surface area contributed by atoms with E-state index in [0.717, 1.165) is 13.0 Å². The Labute approximate surface area is 89.0 Å². The Bertz CT molecular complexity index is 241. The third-order valence-corrected chi connectivity index (χ3v) is 4.64. The third kappa shape index (κ3) is 3.96. The molecule has 78 valence electrons. The molecule has 1 atom stereocenters. The summed E-state index contributed by atoms with van der Waals surface area (Å²) in [5, 5.41) is 9.08. The van der Waals surface area contributed by atoms with E-state index in [9.17, 15) is 0 Å². The fourth-order valence-corrected chi connectivity index (χ4v) is 3.74. The lowest BCUT2D eigenvalue weighted by Crippen LogP contribution is -2.51. The summed E-state index contributed by atoms with van der Waals surface area (Å²) in [5.41, 5.74) is 0. The van der Waals surface area contributed by atoms with Gasteiger partial charge in [0.1, 0.15) is 8.24 Å². The van der Waals surface area contributed by atoms with E-state index in [2.05, 4.69) is 43.1 Å². The van der Waals surface area contributed by atoms with Crippen LogP contribution in [0.15, 0.2) is 0 Å². The van der Waals surface area contributed by atoms with Crippen molar-refractivity contribution < 1.29 is 0 Å². The third-order valence-electron chi connectivity index (χ3n) is 2.29. The first kappa shape index (κ1) is 13.2. The molecule has 0 spiro atoms. The van der Waals surface area contributed by atoms with Gasteiger partial charge in [0.05, 0.1) is 12.1 Å². The van der Waals surface area contributed by atoms with Gasteiger partial charge >= 0.3 is 0 Å². The molecule has 0 heterocycles. The van der Waals surface area contributed by atoms with Crippen molar-refractivity contribution in [2.45, 2.75) is 45.4 Å². The highest BCUT2D eigenvalue weighted by Crippen LogP contribution is 2.16. The number of rotatable bonds is 5. The molecule has 0 N–H and O–H groups in total. The van der Waals surface area contributed by atoms with Gasteiger partial charge in [-0.1, -0.05) is 26.6 Å². The second-order valence-electron chi connectivity index (χ2n) is 4.34. The molecule has 0 aliphatic rings. The first-order valence-electron chi connectivity index (χ1n) is 5.07. The van der Waals surface area contributed by atoms with Gasteiger partial charge in [0.15, 0.2) is 0 Å². The summed E-state index contributed by atoms with van der Waals surface area (Å²) < 4.78 is 2.32. The van der Waals surface area contributed by atoms with Crippen molar-refractivity contribution in [1.82, 2.24) is 4.57 Å². The molecule has 0 aromatic rings. The summed E-state index contributed by atoms with van der Waals surface area (Å²) in [7, 11) is -1.38. The molecule has 2 nitrogen and oxygen atoms in total. The van der Waals surface area contributed by atoms with Crippen molar-refractivity contribution >= 4 is 8.24 Å². The second-order valence-corrected chi connectivity index (χ2v) is 9.26. The van der Waals surface area contributed by atoms with Gasteiger partial charge in [0.25, 0.3) is 0 Å². The molecule has 0 saturated carbocycles. The van der Waals surface area contributed by atoms with Gasteiger partial charge in [-0.25, -0.2) is 0 Å². The van der Waals surface area contributed by atoms with Crippen molar-refractivity contribution in [2.75, 3.05) is 6.54 Å². The van der Waals surface area contributed by atoms with E-state index in [4.69, 9.17) is 11.7 Å². The lowest BCUT2D eigenvalue weighted by molar-refractivity contribution is 0.372. The Balaban J connectivity index is 4.49. The fraction of sp³-hybridized carbons (Fsp3) is 0.727. The van der Waals surface area contributed by atoms with Crippen LogP contribution in [0.3, 0.4) is 0 Å². The zero-order valence-corrected chi connectivity index (χ0v) is 10.7. The number of hydrogen-bond donors (Lipinski definition) is 0. The van der Waals surface area contributed by atoms with Gasteiger partial charge in [0, 0.05) is 6.42 Å². The molecule has 1 unspecified atom stereocenters. The molecule has 0 radical (unpaired) electrons. The SMILES string of the molecule is C#CCCC(C#N)N(CC)[Si](C)(C)C. The summed E-state index contributed by atoms with van der Waals surface area (Å²) in [6.45, 7) is 9.83. The van der Waals surface area contributed by atoms with Crippen LogP contribution in [0.2, 0.25) is 19.6 Å². The van der Waals surface area contributed by atoms with Crippen molar-refractivity contribution in [1.29, 1.82) is 5.26 Å². The lowest BCUT2D eigenvalue weighted by atomic mass is 10.2. The monoisotopic (exact) mass is 208 g/mol. The zero-order valence-electron chi connectivity index (χ0n) is 9.67. The smallest absolute Gasteiger partial charge is 0.120 e. The Morgan fingerprint density at radius 3 is 2.29 bits per heavy atom. The van der Waals surface area contributed by atoms with Crippen LogP contribution in [0, 0.1) is 23.7 Å². The van der Waals surface area contributed by atoms with Crippen LogP contribution in [0.4, 0.5) is 0 Å². The predicted molar refractivity (Wildman–Crippen MR) is 63.2 cm³/mol. The van der Waals surface area contributed by atoms with Crippen LogP contribution < -0.4 is 0 Å². The molecule has 0 aliphatic carbocycles. The van der Waals surface area contributed by atoms with E-state index in [1.165, 1.54) is 0 Å². The number of hydrogen-bond acceptors (Lipinski definition) is 2. The molecule has 0 saturated heterocycles. The molecule has 0 aromatic carbocycles. The van der Waals surface area contributed by atoms with Gasteiger partial charge in [-0.2, -0.15) is 5.26 Å². The maximum absolute atomic E-state index is 9.08. The first-order valence-corrected chi connectivity index (χ1v) is 8.52. The van der Waals surface area contributed by atoms with Crippen molar-refractivity contribution in [3.63, 3.8) is 0 Å². The maximum atomic E-state index is 9.08. The van der Waals surface area contributed by atoms with Crippen molar-refractivity contribution in [3.05, 3.63) is 0 Å². The normalized spacial score (nSPS) is 13.4. The topological polar surface area (TPSA) is 27.0 Å². The van der Waals surface area contributed by atoms with Crippen LogP contribution in [-0.4, -0.2) is 25.4 Å². The van der Waals surface area contributed by atoms with Gasteiger partial charge < -0.3 is 4.57 Å². The molecule has 0 rings (SSSR count). The summed E-state index contributed by atoms with van der Waals surface area (Å²) in [5.74, 6) is 2.60. The van der Waals surface area contributed by atoms with E-state index in [1.54, 1.807) is 0 Å². The Morgan fingerprint density at radius 2 is 2.00 bits per heavy atom. The predicted octanol–water partition coefficient (Wildman–Crippen LogP) is 2.45. The molecule has 0 amide bonds. The summed E-state index contributed by atoms with van der Waals surface area (Å²) in [6, 6.07) is 2.36. The fourth-order valence-electron chi connectivity index (χ4n) is 1.67. The highest BCUT2D eigenvalue weighted by Gasteiger charge is 2.28. The zero-order chi connectivity index (χ0) is 11.2. The summed E-state index contributed by atoms with van der Waals surface area (Å²) in [4.78, 5) is 0. The van der Waals surface area contributed by atoms with Crippen LogP contribution >= 0.6 is 0 Å². The van der Waals surface area contributed by atoms with Gasteiger partial charge in [-0.15, -0.1) is 12.3 Å². The van der Waals surface area contributed by atoms with Gasteiger partial charge in [-0.3, -0.25) is 0 Å².